The van der Waals surface area contributed by atoms with Crippen LogP contribution in [0.4, 0.5) is 0 Å². The first kappa shape index (κ1) is 27.8. The summed E-state index contributed by atoms with van der Waals surface area (Å²) in [7, 11) is 3.10. The third-order valence-electron chi connectivity index (χ3n) is 5.88. The summed E-state index contributed by atoms with van der Waals surface area (Å²) in [6, 6.07) is 0. The van der Waals surface area contributed by atoms with Gasteiger partial charge in [0.15, 0.2) is 10.8 Å². The molecule has 0 fully saturated rings. The fourth-order valence-electron chi connectivity index (χ4n) is 4.08. The molecular weight excluding hydrogens is 463 g/mol. The molecule has 0 aliphatic heterocycles. The van der Waals surface area contributed by atoms with E-state index in [0.717, 1.165) is 37.1 Å². The van der Waals surface area contributed by atoms with Gasteiger partial charge in [0, 0.05) is 20.1 Å². The molecule has 0 atom stereocenters. The summed E-state index contributed by atoms with van der Waals surface area (Å²) in [5, 5.41) is 0.442. The Labute approximate surface area is 207 Å². The maximum absolute atomic E-state index is 11.0. The lowest BCUT2D eigenvalue weighted by molar-refractivity contribution is -0.140. The number of rotatable bonds is 18. The number of aryl methyl sites for hydroxylation is 1. The van der Waals surface area contributed by atoms with Gasteiger partial charge in [-0.05, 0) is 24.4 Å². The number of halogens is 2. The van der Waals surface area contributed by atoms with E-state index < -0.39 is 0 Å². The molecule has 0 N–H and O–H groups in total. The Bertz CT molecular complexity index is 845. The highest BCUT2D eigenvalue weighted by atomic mass is 35.5. The summed E-state index contributed by atoms with van der Waals surface area (Å²) in [5.74, 6) is 0.708. The van der Waals surface area contributed by atoms with Crippen LogP contribution in [0.25, 0.3) is 11.2 Å². The van der Waals surface area contributed by atoms with E-state index in [9.17, 15) is 4.79 Å². The molecule has 0 spiro atoms. The lowest BCUT2D eigenvalue weighted by Crippen LogP contribution is -2.06. The Morgan fingerprint density at radius 1 is 0.788 bits per heavy atom. The van der Waals surface area contributed by atoms with Gasteiger partial charge >= 0.3 is 5.97 Å². The molecule has 33 heavy (non-hydrogen) atoms. The second-order valence-corrected chi connectivity index (χ2v) is 9.19. The van der Waals surface area contributed by atoms with E-state index in [0.29, 0.717) is 23.8 Å². The number of nitrogens with zero attached hydrogens (tertiary/aromatic N) is 4. The van der Waals surface area contributed by atoms with Crippen molar-refractivity contribution in [1.82, 2.24) is 19.5 Å². The molecule has 186 valence electrons. The summed E-state index contributed by atoms with van der Waals surface area (Å²) in [4.78, 5) is 23.8. The van der Waals surface area contributed by atoms with Crippen LogP contribution in [0, 0.1) is 0 Å². The van der Waals surface area contributed by atoms with E-state index >= 15 is 0 Å². The summed E-state index contributed by atoms with van der Waals surface area (Å²) in [6.45, 7) is 1.22. The number of ether oxygens (including phenoxy) is 2. The molecule has 2 aromatic rings. The smallest absolute Gasteiger partial charge is 0.305 e. The van der Waals surface area contributed by atoms with Crippen molar-refractivity contribution in [2.45, 2.75) is 103 Å². The highest BCUT2D eigenvalue weighted by Crippen LogP contribution is 2.24. The van der Waals surface area contributed by atoms with E-state index in [1.807, 2.05) is 0 Å². The summed E-state index contributed by atoms with van der Waals surface area (Å²) < 4.78 is 12.0. The minimum Gasteiger partial charge on any atom is -0.469 e. The van der Waals surface area contributed by atoms with Crippen LogP contribution in [-0.4, -0.2) is 39.7 Å². The van der Waals surface area contributed by atoms with Crippen LogP contribution in [0.5, 0.6) is 0 Å². The fourth-order valence-corrected chi connectivity index (χ4v) is 4.55. The standard InChI is InChI=1S/C24H38Cl2N4O3/c1-32-18-19-27-23-21(22(25)28-24(26)29-23)30(19)17-15-13-11-9-7-5-3-4-6-8-10-12-14-16-20(31)33-2/h3-18H2,1-2H3. The van der Waals surface area contributed by atoms with Gasteiger partial charge in [0.1, 0.15) is 17.9 Å². The number of imidazole rings is 1. The molecule has 0 aliphatic rings. The molecule has 2 aromatic heterocycles. The lowest BCUT2D eigenvalue weighted by Gasteiger charge is -2.09. The van der Waals surface area contributed by atoms with Crippen molar-refractivity contribution >= 4 is 40.3 Å². The van der Waals surface area contributed by atoms with E-state index in [2.05, 4.69) is 24.3 Å². The van der Waals surface area contributed by atoms with Crippen molar-refractivity contribution < 1.29 is 14.3 Å². The second kappa shape index (κ2) is 16.2. The first-order valence-electron chi connectivity index (χ1n) is 12.2. The molecule has 7 nitrogen and oxygen atoms in total. The Hall–Kier alpha value is -1.44. The molecule has 0 bridgehead atoms. The summed E-state index contributed by atoms with van der Waals surface area (Å²) >= 11 is 12.2. The third kappa shape index (κ3) is 10.1. The molecule has 0 radical (unpaired) electrons. The Balaban J connectivity index is 1.52. The second-order valence-electron chi connectivity index (χ2n) is 8.49. The number of fused-ring (bicyclic) bond motifs is 1. The molecule has 2 rings (SSSR count). The van der Waals surface area contributed by atoms with Crippen molar-refractivity contribution in [3.05, 3.63) is 16.3 Å². The van der Waals surface area contributed by atoms with Gasteiger partial charge in [-0.2, -0.15) is 4.98 Å². The molecule has 0 saturated carbocycles. The normalized spacial score (nSPS) is 11.4. The average Bonchev–Trinajstić information content (AvgIpc) is 3.13. The number of carbonyl (C=O) groups excluding carboxylic acids is 1. The molecule has 0 aliphatic carbocycles. The zero-order valence-electron chi connectivity index (χ0n) is 20.1. The van der Waals surface area contributed by atoms with E-state index in [1.54, 1.807) is 7.11 Å². The lowest BCUT2D eigenvalue weighted by atomic mass is 10.0. The average molecular weight is 501 g/mol. The number of aromatic nitrogens is 4. The zero-order valence-corrected chi connectivity index (χ0v) is 21.6. The van der Waals surface area contributed by atoms with Crippen LogP contribution in [0.1, 0.15) is 95.7 Å². The maximum atomic E-state index is 11.0. The van der Waals surface area contributed by atoms with Gasteiger partial charge in [0.25, 0.3) is 0 Å². The quantitative estimate of drug-likeness (QED) is 0.0955. The molecule has 0 unspecified atom stereocenters. The van der Waals surface area contributed by atoms with E-state index in [1.165, 1.54) is 71.3 Å². The molecule has 2 heterocycles. The molecular formula is C24H38Cl2N4O3. The highest BCUT2D eigenvalue weighted by molar-refractivity contribution is 6.35. The van der Waals surface area contributed by atoms with Gasteiger partial charge in [-0.25, -0.2) is 9.97 Å². The Morgan fingerprint density at radius 3 is 1.88 bits per heavy atom. The summed E-state index contributed by atoms with van der Waals surface area (Å²) in [5.41, 5.74) is 1.25. The maximum Gasteiger partial charge on any atom is 0.305 e. The number of esters is 1. The number of hydrogen-bond acceptors (Lipinski definition) is 6. The van der Waals surface area contributed by atoms with Gasteiger partial charge in [0.05, 0.1) is 7.11 Å². The molecule has 0 amide bonds. The highest BCUT2D eigenvalue weighted by Gasteiger charge is 2.16. The van der Waals surface area contributed by atoms with Crippen molar-refractivity contribution in [2.75, 3.05) is 14.2 Å². The van der Waals surface area contributed by atoms with Crippen molar-refractivity contribution in [2.24, 2.45) is 0 Å². The van der Waals surface area contributed by atoms with Crippen LogP contribution < -0.4 is 0 Å². The third-order valence-corrected chi connectivity index (χ3v) is 6.31. The largest absolute Gasteiger partial charge is 0.469 e. The van der Waals surface area contributed by atoms with Gasteiger partial charge < -0.3 is 14.0 Å². The van der Waals surface area contributed by atoms with E-state index in [4.69, 9.17) is 27.9 Å². The Morgan fingerprint density at radius 2 is 1.33 bits per heavy atom. The van der Waals surface area contributed by atoms with Crippen LogP contribution in [0.3, 0.4) is 0 Å². The monoisotopic (exact) mass is 500 g/mol. The predicted octanol–water partition coefficient (Wildman–Crippen LogP) is 6.91. The summed E-state index contributed by atoms with van der Waals surface area (Å²) in [6.07, 6.45) is 16.4. The number of carbonyl (C=O) groups is 1. The predicted molar refractivity (Wildman–Crippen MR) is 133 cm³/mol. The number of methoxy groups -OCH3 is 2. The van der Waals surface area contributed by atoms with E-state index in [-0.39, 0.29) is 11.3 Å². The molecule has 0 aromatic carbocycles. The van der Waals surface area contributed by atoms with Crippen LogP contribution >= 0.6 is 23.2 Å². The zero-order chi connectivity index (χ0) is 23.9. The first-order chi connectivity index (χ1) is 16.1. The van der Waals surface area contributed by atoms with Gasteiger partial charge in [-0.3, -0.25) is 4.79 Å². The molecule has 0 saturated heterocycles. The van der Waals surface area contributed by atoms with Crippen molar-refractivity contribution in [3.63, 3.8) is 0 Å². The minimum absolute atomic E-state index is 0.0922. The van der Waals surface area contributed by atoms with Gasteiger partial charge in [-0.1, -0.05) is 82.2 Å². The topological polar surface area (TPSA) is 79.1 Å². The van der Waals surface area contributed by atoms with Crippen molar-refractivity contribution in [3.8, 4) is 0 Å². The SMILES string of the molecule is COCc1nc2nc(Cl)nc(Cl)c2n1CCCCCCCCCCCCCCCC(=O)OC. The number of unbranched alkanes of at least 4 members (excludes halogenated alkanes) is 12. The van der Waals surface area contributed by atoms with Gasteiger partial charge in [0.2, 0.25) is 5.28 Å². The van der Waals surface area contributed by atoms with Crippen LogP contribution in [0.15, 0.2) is 0 Å². The van der Waals surface area contributed by atoms with Crippen LogP contribution in [-0.2, 0) is 27.4 Å². The number of hydrogen-bond donors (Lipinski definition) is 0. The Kier molecular flexibility index (Phi) is 13.7. The molecule has 9 heteroatoms. The van der Waals surface area contributed by atoms with Crippen molar-refractivity contribution in [1.29, 1.82) is 0 Å². The fraction of sp³-hybridized carbons (Fsp3) is 0.750. The minimum atomic E-state index is -0.0922. The van der Waals surface area contributed by atoms with Crippen LogP contribution in [0.2, 0.25) is 10.4 Å². The first-order valence-corrected chi connectivity index (χ1v) is 13.0. The van der Waals surface area contributed by atoms with Gasteiger partial charge in [-0.15, -0.1) is 0 Å².